The molecule has 0 radical (unpaired) electrons. The monoisotopic (exact) mass is 529 g/mol. The number of carbonyl (C=O) groups excluding carboxylic acids is 1. The Kier molecular flexibility index (Phi) is 6.94. The number of rotatable bonds is 7. The zero-order valence-electron chi connectivity index (χ0n) is 21.8. The van der Waals surface area contributed by atoms with Crippen LogP contribution in [-0.4, -0.2) is 27.7 Å². The van der Waals surface area contributed by atoms with Gasteiger partial charge in [-0.3, -0.25) is 9.78 Å². The van der Waals surface area contributed by atoms with Crippen molar-refractivity contribution in [2.45, 2.75) is 39.4 Å². The lowest BCUT2D eigenvalue weighted by Gasteiger charge is -2.29. The van der Waals surface area contributed by atoms with E-state index in [0.717, 1.165) is 22.8 Å². The number of benzene rings is 1. The van der Waals surface area contributed by atoms with E-state index in [4.69, 9.17) is 21.4 Å². The minimum absolute atomic E-state index is 0.0919. The van der Waals surface area contributed by atoms with Crippen LogP contribution >= 0.6 is 12.2 Å². The zero-order valence-corrected chi connectivity index (χ0v) is 22.7. The van der Waals surface area contributed by atoms with Crippen LogP contribution in [0.15, 0.2) is 83.7 Å². The molecule has 4 heterocycles. The van der Waals surface area contributed by atoms with Crippen molar-refractivity contribution >= 4 is 34.6 Å². The molecule has 0 saturated carbocycles. The fourth-order valence-corrected chi connectivity index (χ4v) is 4.93. The summed E-state index contributed by atoms with van der Waals surface area (Å²) in [5, 5.41) is 7.05. The molecule has 8 nitrogen and oxygen atoms in total. The number of amides is 1. The van der Waals surface area contributed by atoms with Crippen LogP contribution in [0.1, 0.15) is 50.0 Å². The molecule has 0 bridgehead atoms. The minimum atomic E-state index is -0.537. The van der Waals surface area contributed by atoms with Gasteiger partial charge >= 0.3 is 0 Å². The zero-order chi connectivity index (χ0) is 26.9. The number of thiocarbonyl (C=S) groups is 1. The summed E-state index contributed by atoms with van der Waals surface area (Å²) in [6.45, 7) is 6.20. The van der Waals surface area contributed by atoms with Crippen LogP contribution in [0.25, 0.3) is 0 Å². The fraction of sp³-hybridized carbons (Fsp3) is 0.276. The molecule has 9 heteroatoms. The standard InChI is InChI=1S/C29H31N5O3S/c1-29(2,3)27(35)31-21-13-12-19(17-24(21)36-4)34-26(25(32-28(34)38)22-10-5-6-14-30-22)23-11-7-15-33(23)18-20-9-8-16-37-20/h5-17,25-26H,18H2,1-4H3,(H,31,35)(H,32,38). The smallest absolute Gasteiger partial charge is 0.229 e. The second-order valence-corrected chi connectivity index (χ2v) is 10.6. The van der Waals surface area contributed by atoms with Gasteiger partial charge < -0.3 is 29.3 Å². The summed E-state index contributed by atoms with van der Waals surface area (Å²) in [5.41, 5.74) is 2.84. The summed E-state index contributed by atoms with van der Waals surface area (Å²) in [5.74, 6) is 1.32. The molecule has 1 aliphatic rings. The van der Waals surface area contributed by atoms with Gasteiger partial charge in [-0.05, 0) is 60.7 Å². The van der Waals surface area contributed by atoms with Crippen LogP contribution in [0.3, 0.4) is 0 Å². The van der Waals surface area contributed by atoms with Gasteiger partial charge in [-0.15, -0.1) is 0 Å². The van der Waals surface area contributed by atoms with E-state index in [9.17, 15) is 4.79 Å². The van der Waals surface area contributed by atoms with Crippen molar-refractivity contribution in [3.05, 3.63) is 96.5 Å². The van der Waals surface area contributed by atoms with E-state index in [1.54, 1.807) is 19.6 Å². The molecule has 1 amide bonds. The molecule has 1 aliphatic heterocycles. The van der Waals surface area contributed by atoms with Gasteiger partial charge in [-0.1, -0.05) is 26.8 Å². The van der Waals surface area contributed by atoms with E-state index in [2.05, 4.69) is 31.2 Å². The van der Waals surface area contributed by atoms with Crippen LogP contribution in [0.2, 0.25) is 0 Å². The number of hydrogen-bond acceptors (Lipinski definition) is 5. The number of hydrogen-bond donors (Lipinski definition) is 2. The molecule has 38 heavy (non-hydrogen) atoms. The quantitative estimate of drug-likeness (QED) is 0.297. The number of ether oxygens (including phenoxy) is 1. The van der Waals surface area contributed by atoms with Crippen molar-refractivity contribution in [1.82, 2.24) is 14.9 Å². The topological polar surface area (TPSA) is 84.6 Å². The number of furan rings is 1. The van der Waals surface area contributed by atoms with E-state index < -0.39 is 5.41 Å². The summed E-state index contributed by atoms with van der Waals surface area (Å²) in [6, 6.07) is 19.2. The van der Waals surface area contributed by atoms with E-state index >= 15 is 0 Å². The third-order valence-corrected chi connectivity index (χ3v) is 6.88. The van der Waals surface area contributed by atoms with Crippen molar-refractivity contribution in [3.8, 4) is 5.75 Å². The number of pyridine rings is 1. The number of anilines is 2. The third kappa shape index (κ3) is 5.02. The molecule has 0 spiro atoms. The lowest BCUT2D eigenvalue weighted by Crippen LogP contribution is -2.31. The molecule has 4 aromatic rings. The Morgan fingerprint density at radius 2 is 2.00 bits per heavy atom. The highest BCUT2D eigenvalue weighted by Gasteiger charge is 2.42. The molecule has 5 rings (SSSR count). The maximum atomic E-state index is 12.6. The Morgan fingerprint density at radius 1 is 1.16 bits per heavy atom. The summed E-state index contributed by atoms with van der Waals surface area (Å²) >= 11 is 5.89. The van der Waals surface area contributed by atoms with Crippen LogP contribution < -0.4 is 20.3 Å². The Hall–Kier alpha value is -4.11. The molecular formula is C29H31N5O3S. The Morgan fingerprint density at radius 3 is 2.68 bits per heavy atom. The van der Waals surface area contributed by atoms with Crippen LogP contribution in [0.4, 0.5) is 11.4 Å². The number of carbonyl (C=O) groups is 1. The third-order valence-electron chi connectivity index (χ3n) is 6.56. The molecule has 1 aromatic carbocycles. The highest BCUT2D eigenvalue weighted by molar-refractivity contribution is 7.80. The summed E-state index contributed by atoms with van der Waals surface area (Å²) in [4.78, 5) is 19.4. The highest BCUT2D eigenvalue weighted by Crippen LogP contribution is 2.43. The van der Waals surface area contributed by atoms with Crippen molar-refractivity contribution in [2.75, 3.05) is 17.3 Å². The Labute approximate surface area is 227 Å². The molecule has 2 unspecified atom stereocenters. The van der Waals surface area contributed by atoms with E-state index in [1.807, 2.05) is 81.6 Å². The minimum Gasteiger partial charge on any atom is -0.494 e. The molecule has 2 atom stereocenters. The maximum Gasteiger partial charge on any atom is 0.229 e. The molecule has 3 aromatic heterocycles. The van der Waals surface area contributed by atoms with Gasteiger partial charge in [0.1, 0.15) is 17.6 Å². The predicted molar refractivity (Wildman–Crippen MR) is 151 cm³/mol. The van der Waals surface area contributed by atoms with E-state index in [0.29, 0.717) is 23.1 Å². The van der Waals surface area contributed by atoms with Crippen LogP contribution in [-0.2, 0) is 11.3 Å². The van der Waals surface area contributed by atoms with Gasteiger partial charge in [0.25, 0.3) is 0 Å². The SMILES string of the molecule is COc1cc(N2C(=S)NC(c3ccccn3)C2c2cccn2Cc2ccco2)ccc1NC(=O)C(C)(C)C. The first kappa shape index (κ1) is 25.5. The highest BCUT2D eigenvalue weighted by atomic mass is 32.1. The van der Waals surface area contributed by atoms with Gasteiger partial charge in [0, 0.05) is 35.3 Å². The van der Waals surface area contributed by atoms with E-state index in [1.165, 1.54) is 0 Å². The average molecular weight is 530 g/mol. The van der Waals surface area contributed by atoms with E-state index in [-0.39, 0.29) is 18.0 Å². The molecule has 1 fully saturated rings. The first-order valence-corrected chi connectivity index (χ1v) is 12.8. The Bertz CT molecular complexity index is 1430. The fourth-order valence-electron chi connectivity index (χ4n) is 4.59. The normalized spacial score (nSPS) is 17.4. The first-order chi connectivity index (χ1) is 18.3. The van der Waals surface area contributed by atoms with Gasteiger partial charge in [0.2, 0.25) is 5.91 Å². The molecule has 2 N–H and O–H groups in total. The molecule has 1 saturated heterocycles. The summed E-state index contributed by atoms with van der Waals surface area (Å²) < 4.78 is 13.5. The molecule has 0 aliphatic carbocycles. The lowest BCUT2D eigenvalue weighted by atomic mass is 9.95. The van der Waals surface area contributed by atoms with Crippen molar-refractivity contribution in [2.24, 2.45) is 5.41 Å². The van der Waals surface area contributed by atoms with Gasteiger partial charge in [-0.2, -0.15) is 0 Å². The number of nitrogens with one attached hydrogen (secondary N) is 2. The predicted octanol–water partition coefficient (Wildman–Crippen LogP) is 5.69. The van der Waals surface area contributed by atoms with Gasteiger partial charge in [0.15, 0.2) is 5.11 Å². The number of aromatic nitrogens is 2. The maximum absolute atomic E-state index is 12.6. The molecular weight excluding hydrogens is 498 g/mol. The Balaban J connectivity index is 1.56. The molecule has 196 valence electrons. The van der Waals surface area contributed by atoms with Crippen LogP contribution in [0.5, 0.6) is 5.75 Å². The second kappa shape index (κ2) is 10.3. The van der Waals surface area contributed by atoms with Crippen molar-refractivity contribution in [3.63, 3.8) is 0 Å². The summed E-state index contributed by atoms with van der Waals surface area (Å²) in [7, 11) is 1.59. The van der Waals surface area contributed by atoms with Crippen molar-refractivity contribution < 1.29 is 13.9 Å². The lowest BCUT2D eigenvalue weighted by molar-refractivity contribution is -0.123. The summed E-state index contributed by atoms with van der Waals surface area (Å²) in [6.07, 6.45) is 5.51. The van der Waals surface area contributed by atoms with Gasteiger partial charge in [0.05, 0.1) is 37.3 Å². The first-order valence-electron chi connectivity index (χ1n) is 12.4. The number of methoxy groups -OCH3 is 1. The largest absolute Gasteiger partial charge is 0.494 e. The van der Waals surface area contributed by atoms with Crippen molar-refractivity contribution in [1.29, 1.82) is 0 Å². The van der Waals surface area contributed by atoms with Crippen LogP contribution in [0, 0.1) is 5.41 Å². The average Bonchev–Trinajstić information content (AvgIpc) is 3.65. The second-order valence-electron chi connectivity index (χ2n) is 10.2. The number of nitrogens with zero attached hydrogens (tertiary/aromatic N) is 3. The van der Waals surface area contributed by atoms with Gasteiger partial charge in [-0.25, -0.2) is 0 Å².